The largest absolute Gasteiger partial charge is 0.496 e. The number of hydrogen-bond acceptors (Lipinski definition) is 3. The molecule has 6 heteroatoms. The Labute approximate surface area is 145 Å². The number of carbonyl (C=O) groups is 2. The van der Waals surface area contributed by atoms with Crippen LogP contribution in [0.3, 0.4) is 0 Å². The molecule has 0 spiro atoms. The van der Waals surface area contributed by atoms with Crippen LogP contribution in [0.5, 0.6) is 5.75 Å². The van der Waals surface area contributed by atoms with Crippen LogP contribution in [0.4, 0.5) is 10.1 Å². The molecule has 0 saturated carbocycles. The highest BCUT2D eigenvalue weighted by Crippen LogP contribution is 2.19. The van der Waals surface area contributed by atoms with Crippen LogP contribution in [-0.4, -0.2) is 25.5 Å². The molecule has 0 aliphatic heterocycles. The van der Waals surface area contributed by atoms with Gasteiger partial charge in [0.2, 0.25) is 5.91 Å². The van der Waals surface area contributed by atoms with E-state index in [9.17, 15) is 14.0 Å². The molecule has 2 N–H and O–H groups in total. The third-order valence-corrected chi connectivity index (χ3v) is 3.50. The smallest absolute Gasteiger partial charge is 0.251 e. The first-order valence-electron chi connectivity index (χ1n) is 7.67. The lowest BCUT2D eigenvalue weighted by Gasteiger charge is -2.10. The van der Waals surface area contributed by atoms with E-state index in [1.165, 1.54) is 19.2 Å². The van der Waals surface area contributed by atoms with Crippen molar-refractivity contribution in [3.05, 3.63) is 72.1 Å². The van der Waals surface area contributed by atoms with Crippen molar-refractivity contribution in [1.29, 1.82) is 0 Å². The Kier molecular flexibility index (Phi) is 6.28. The standard InChI is InChI=1S/C19H19FN2O3/c1-3-18(23)22-16-6-4-5-14(12-16)19(24)21-10-9-13-11-15(20)7-8-17(13)25-2/h3-8,11-12H,1,9-10H2,2H3,(H,21,24)(H,22,23). The van der Waals surface area contributed by atoms with Gasteiger partial charge in [0.05, 0.1) is 7.11 Å². The van der Waals surface area contributed by atoms with Gasteiger partial charge in [-0.05, 0) is 54.5 Å². The van der Waals surface area contributed by atoms with E-state index in [1.807, 2.05) is 0 Å². The summed E-state index contributed by atoms with van der Waals surface area (Å²) in [6.45, 7) is 3.70. The van der Waals surface area contributed by atoms with Crippen molar-refractivity contribution >= 4 is 17.5 Å². The first kappa shape index (κ1) is 18.2. The fourth-order valence-electron chi connectivity index (χ4n) is 2.29. The number of hydrogen-bond donors (Lipinski definition) is 2. The zero-order valence-electron chi connectivity index (χ0n) is 13.8. The minimum absolute atomic E-state index is 0.287. The van der Waals surface area contributed by atoms with Crippen LogP contribution < -0.4 is 15.4 Å². The molecule has 0 bridgehead atoms. The molecule has 0 unspecified atom stereocenters. The molecule has 0 fully saturated rings. The summed E-state index contributed by atoms with van der Waals surface area (Å²) in [5.74, 6) is -0.418. The molecule has 5 nitrogen and oxygen atoms in total. The normalized spacial score (nSPS) is 10.0. The van der Waals surface area contributed by atoms with Gasteiger partial charge in [-0.15, -0.1) is 0 Å². The van der Waals surface area contributed by atoms with Crippen LogP contribution in [0, 0.1) is 5.82 Å². The second-order valence-electron chi connectivity index (χ2n) is 5.24. The molecule has 0 radical (unpaired) electrons. The first-order chi connectivity index (χ1) is 12.0. The van der Waals surface area contributed by atoms with E-state index in [1.54, 1.807) is 30.3 Å². The summed E-state index contributed by atoms with van der Waals surface area (Å²) in [7, 11) is 1.51. The highest BCUT2D eigenvalue weighted by Gasteiger charge is 2.09. The highest BCUT2D eigenvalue weighted by atomic mass is 19.1. The number of amides is 2. The average molecular weight is 342 g/mol. The van der Waals surface area contributed by atoms with E-state index in [0.717, 1.165) is 6.08 Å². The van der Waals surface area contributed by atoms with Gasteiger partial charge in [0.15, 0.2) is 0 Å². The lowest BCUT2D eigenvalue weighted by molar-refractivity contribution is -0.111. The van der Waals surface area contributed by atoms with E-state index in [0.29, 0.717) is 35.5 Å². The topological polar surface area (TPSA) is 67.4 Å². The monoisotopic (exact) mass is 342 g/mol. The number of anilines is 1. The van der Waals surface area contributed by atoms with Crippen LogP contribution >= 0.6 is 0 Å². The number of methoxy groups -OCH3 is 1. The maximum absolute atomic E-state index is 13.3. The molecular weight excluding hydrogens is 323 g/mol. The lowest BCUT2D eigenvalue weighted by Crippen LogP contribution is -2.26. The summed E-state index contributed by atoms with van der Waals surface area (Å²) in [6.07, 6.45) is 1.58. The molecule has 0 aliphatic rings. The van der Waals surface area contributed by atoms with E-state index in [-0.39, 0.29) is 17.6 Å². The third-order valence-electron chi connectivity index (χ3n) is 3.50. The Balaban J connectivity index is 1.97. The summed E-state index contributed by atoms with van der Waals surface area (Å²) >= 11 is 0. The quantitative estimate of drug-likeness (QED) is 0.760. The number of ether oxygens (including phenoxy) is 1. The van der Waals surface area contributed by atoms with Crippen LogP contribution in [0.2, 0.25) is 0 Å². The number of carbonyl (C=O) groups excluding carboxylic acids is 2. The maximum Gasteiger partial charge on any atom is 0.251 e. The summed E-state index contributed by atoms with van der Waals surface area (Å²) in [5, 5.41) is 5.36. The van der Waals surface area contributed by atoms with Crippen LogP contribution in [-0.2, 0) is 11.2 Å². The minimum Gasteiger partial charge on any atom is -0.496 e. The Bertz CT molecular complexity index is 790. The Hall–Kier alpha value is -3.15. The number of benzene rings is 2. The van der Waals surface area contributed by atoms with E-state index in [4.69, 9.17) is 4.74 Å². The number of nitrogens with one attached hydrogen (secondary N) is 2. The lowest BCUT2D eigenvalue weighted by atomic mass is 10.1. The molecule has 2 amide bonds. The molecule has 130 valence electrons. The fraction of sp³-hybridized carbons (Fsp3) is 0.158. The van der Waals surface area contributed by atoms with Crippen molar-refractivity contribution in [1.82, 2.24) is 5.32 Å². The third kappa shape index (κ3) is 5.17. The SMILES string of the molecule is C=CC(=O)Nc1cccc(C(=O)NCCc2cc(F)ccc2OC)c1. The van der Waals surface area contributed by atoms with Gasteiger partial charge in [-0.3, -0.25) is 9.59 Å². The van der Waals surface area contributed by atoms with E-state index < -0.39 is 0 Å². The van der Waals surface area contributed by atoms with Crippen LogP contribution in [0.1, 0.15) is 15.9 Å². The van der Waals surface area contributed by atoms with Gasteiger partial charge in [-0.25, -0.2) is 4.39 Å². The first-order valence-corrected chi connectivity index (χ1v) is 7.67. The second kappa shape index (κ2) is 8.63. The van der Waals surface area contributed by atoms with Gasteiger partial charge in [-0.1, -0.05) is 12.6 Å². The summed E-state index contributed by atoms with van der Waals surface area (Å²) in [5.41, 5.74) is 1.59. The van der Waals surface area contributed by atoms with Crippen molar-refractivity contribution in [3.63, 3.8) is 0 Å². The van der Waals surface area contributed by atoms with Crippen molar-refractivity contribution in [2.45, 2.75) is 6.42 Å². The fourth-order valence-corrected chi connectivity index (χ4v) is 2.29. The van der Waals surface area contributed by atoms with Gasteiger partial charge in [-0.2, -0.15) is 0 Å². The molecule has 2 aromatic rings. The van der Waals surface area contributed by atoms with Gasteiger partial charge in [0, 0.05) is 17.8 Å². The molecule has 0 atom stereocenters. The summed E-state index contributed by atoms with van der Waals surface area (Å²) < 4.78 is 18.5. The Morgan fingerprint density at radius 2 is 2.04 bits per heavy atom. The van der Waals surface area contributed by atoms with Gasteiger partial charge >= 0.3 is 0 Å². The molecule has 0 aromatic heterocycles. The molecule has 0 saturated heterocycles. The molecular formula is C19H19FN2O3. The number of rotatable bonds is 7. The van der Waals surface area contributed by atoms with Gasteiger partial charge < -0.3 is 15.4 Å². The van der Waals surface area contributed by atoms with Crippen molar-refractivity contribution in [3.8, 4) is 5.75 Å². The maximum atomic E-state index is 13.3. The van der Waals surface area contributed by atoms with Crippen LogP contribution in [0.25, 0.3) is 0 Å². The van der Waals surface area contributed by atoms with Crippen molar-refractivity contribution in [2.24, 2.45) is 0 Å². The van der Waals surface area contributed by atoms with E-state index >= 15 is 0 Å². The molecule has 2 aromatic carbocycles. The molecule has 2 rings (SSSR count). The molecule has 25 heavy (non-hydrogen) atoms. The van der Waals surface area contributed by atoms with Crippen LogP contribution in [0.15, 0.2) is 55.1 Å². The van der Waals surface area contributed by atoms with Crippen molar-refractivity contribution < 1.29 is 18.7 Å². The number of halogens is 1. The highest BCUT2D eigenvalue weighted by molar-refractivity contribution is 6.00. The second-order valence-corrected chi connectivity index (χ2v) is 5.24. The Morgan fingerprint density at radius 3 is 2.76 bits per heavy atom. The van der Waals surface area contributed by atoms with E-state index in [2.05, 4.69) is 17.2 Å². The minimum atomic E-state index is -0.354. The van der Waals surface area contributed by atoms with Gasteiger partial charge in [0.25, 0.3) is 5.91 Å². The zero-order chi connectivity index (χ0) is 18.2. The average Bonchev–Trinajstić information content (AvgIpc) is 2.62. The molecule has 0 heterocycles. The predicted octanol–water partition coefficient (Wildman–Crippen LogP) is 2.93. The summed E-state index contributed by atoms with van der Waals surface area (Å²) in [4.78, 5) is 23.5. The molecule has 0 aliphatic carbocycles. The predicted molar refractivity (Wildman–Crippen MR) is 94.3 cm³/mol. The zero-order valence-corrected chi connectivity index (χ0v) is 13.8. The summed E-state index contributed by atoms with van der Waals surface area (Å²) in [6, 6.07) is 10.8. The van der Waals surface area contributed by atoms with Crippen molar-refractivity contribution in [2.75, 3.05) is 19.0 Å². The Morgan fingerprint density at radius 1 is 1.24 bits per heavy atom. The van der Waals surface area contributed by atoms with Gasteiger partial charge in [0.1, 0.15) is 11.6 Å².